The van der Waals surface area contributed by atoms with Crippen molar-refractivity contribution in [3.05, 3.63) is 0 Å². The van der Waals surface area contributed by atoms with Crippen molar-refractivity contribution < 1.29 is 71.2 Å². The van der Waals surface area contributed by atoms with Gasteiger partial charge in [-0.25, -0.2) is 8.61 Å². The molecule has 222 valence electrons. The lowest BCUT2D eigenvalue weighted by molar-refractivity contribution is -0.916. The highest BCUT2D eigenvalue weighted by molar-refractivity contribution is 7.91. The Labute approximate surface area is 215 Å². The number of hydrogen-bond donors (Lipinski definition) is 0. The Morgan fingerprint density at radius 1 is 0.658 bits per heavy atom. The van der Waals surface area contributed by atoms with Crippen LogP contribution >= 0.6 is 0 Å². The van der Waals surface area contributed by atoms with Gasteiger partial charge in [-0.3, -0.25) is 9.59 Å². The zero-order chi connectivity index (χ0) is 29.2. The zero-order valence-electron chi connectivity index (χ0n) is 20.6. The number of ether oxygens (including phenoxy) is 2. The molecule has 0 spiro atoms. The van der Waals surface area contributed by atoms with E-state index in [1.165, 1.54) is 14.1 Å². The molecule has 2 aliphatic heterocycles. The van der Waals surface area contributed by atoms with Crippen molar-refractivity contribution in [3.8, 4) is 0 Å². The van der Waals surface area contributed by atoms with E-state index in [9.17, 15) is 52.8 Å². The normalized spacial score (nSPS) is 20.5. The van der Waals surface area contributed by atoms with E-state index in [1.54, 1.807) is 0 Å². The fraction of sp³-hybridized carbons (Fsp3) is 0.889. The standard InChI is InChI=1S/C18H30F6N4O8S2/c1-27(7-11-35-12-8-27)5-3-25(37(31,32)17(19,20)21)15(29)16(30)26(38(33,34)18(22,23)24)4-6-28(2)9-13-36-14-10-28/h3-14H2,1-2H3/q+2. The molecule has 2 aliphatic rings. The van der Waals surface area contributed by atoms with Gasteiger partial charge in [-0.05, 0) is 0 Å². The molecular weight excluding hydrogens is 578 g/mol. The van der Waals surface area contributed by atoms with Crippen molar-refractivity contribution in [2.45, 2.75) is 11.0 Å². The van der Waals surface area contributed by atoms with Crippen molar-refractivity contribution in [2.75, 3.05) is 92.9 Å². The van der Waals surface area contributed by atoms with Gasteiger partial charge in [-0.15, -0.1) is 0 Å². The van der Waals surface area contributed by atoms with Gasteiger partial charge in [-0.1, -0.05) is 0 Å². The van der Waals surface area contributed by atoms with E-state index in [-0.39, 0.29) is 61.6 Å². The van der Waals surface area contributed by atoms with Crippen LogP contribution in [0.15, 0.2) is 0 Å². The van der Waals surface area contributed by atoms with Gasteiger partial charge in [0.05, 0.1) is 66.7 Å². The van der Waals surface area contributed by atoms with Crippen molar-refractivity contribution in [3.63, 3.8) is 0 Å². The average molecular weight is 609 g/mol. The molecule has 38 heavy (non-hydrogen) atoms. The third-order valence-electron chi connectivity index (χ3n) is 6.59. The lowest BCUT2D eigenvalue weighted by atomic mass is 10.3. The second-order valence-corrected chi connectivity index (χ2v) is 13.2. The summed E-state index contributed by atoms with van der Waals surface area (Å²) in [7, 11) is -10.1. The predicted octanol–water partition coefficient (Wildman–Crippen LogP) is -0.704. The van der Waals surface area contributed by atoms with E-state index in [0.717, 1.165) is 0 Å². The van der Waals surface area contributed by atoms with Crippen molar-refractivity contribution in [2.24, 2.45) is 0 Å². The van der Waals surface area contributed by atoms with Gasteiger partial charge in [0, 0.05) is 0 Å². The van der Waals surface area contributed by atoms with Crippen LogP contribution in [0.2, 0.25) is 0 Å². The Morgan fingerprint density at radius 2 is 0.921 bits per heavy atom. The third kappa shape index (κ3) is 7.26. The molecule has 12 nitrogen and oxygen atoms in total. The zero-order valence-corrected chi connectivity index (χ0v) is 22.3. The van der Waals surface area contributed by atoms with E-state index < -0.39 is 77.7 Å². The summed E-state index contributed by atoms with van der Waals surface area (Å²) in [6, 6.07) is 0. The SMILES string of the molecule is C[N+]1(CCN(C(=O)C(=O)N(CC[N+]2(C)CCOCC2)S(=O)(=O)C(F)(F)F)S(=O)(=O)C(F)(F)F)CCOCC1. The van der Waals surface area contributed by atoms with Crippen molar-refractivity contribution >= 4 is 31.9 Å². The molecule has 2 saturated heterocycles. The number of sulfonamides is 2. The fourth-order valence-corrected chi connectivity index (χ4v) is 5.54. The highest BCUT2D eigenvalue weighted by Gasteiger charge is 2.57. The van der Waals surface area contributed by atoms with Gasteiger partial charge in [0.2, 0.25) is 0 Å². The van der Waals surface area contributed by atoms with Crippen LogP contribution in [0.5, 0.6) is 0 Å². The molecule has 0 aliphatic carbocycles. The molecule has 0 atom stereocenters. The second-order valence-electron chi connectivity index (χ2n) is 9.46. The van der Waals surface area contributed by atoms with Gasteiger partial charge in [0.1, 0.15) is 26.2 Å². The summed E-state index contributed by atoms with van der Waals surface area (Å²) in [5.74, 6) is -5.14. The highest BCUT2D eigenvalue weighted by atomic mass is 32.2. The largest absolute Gasteiger partial charge is 0.516 e. The molecule has 0 aromatic rings. The van der Waals surface area contributed by atoms with Gasteiger partial charge in [0.25, 0.3) is 0 Å². The summed E-state index contributed by atoms with van der Waals surface area (Å²) >= 11 is 0. The van der Waals surface area contributed by atoms with Crippen molar-refractivity contribution in [1.29, 1.82) is 0 Å². The molecule has 0 bridgehead atoms. The van der Waals surface area contributed by atoms with E-state index in [2.05, 4.69) is 0 Å². The summed E-state index contributed by atoms with van der Waals surface area (Å²) in [4.78, 5) is 25.7. The van der Waals surface area contributed by atoms with E-state index >= 15 is 0 Å². The minimum Gasteiger partial charge on any atom is -0.370 e. The number of hydrogen-bond acceptors (Lipinski definition) is 8. The van der Waals surface area contributed by atoms with Gasteiger partial charge < -0.3 is 18.4 Å². The van der Waals surface area contributed by atoms with Gasteiger partial charge >= 0.3 is 42.9 Å². The smallest absolute Gasteiger partial charge is 0.370 e. The molecule has 0 aromatic heterocycles. The molecule has 20 heteroatoms. The first-order chi connectivity index (χ1) is 17.2. The highest BCUT2D eigenvalue weighted by Crippen LogP contribution is 2.30. The van der Waals surface area contributed by atoms with Crippen LogP contribution in [0.3, 0.4) is 0 Å². The number of quaternary nitrogens is 2. The Hall–Kier alpha value is -1.74. The first-order valence-electron chi connectivity index (χ1n) is 11.3. The number of rotatable bonds is 8. The van der Waals surface area contributed by atoms with Crippen LogP contribution in [0, 0.1) is 0 Å². The first kappa shape index (κ1) is 32.5. The number of morpholine rings is 2. The molecule has 0 unspecified atom stereocenters. The van der Waals surface area contributed by atoms with Crippen molar-refractivity contribution in [1.82, 2.24) is 8.61 Å². The quantitative estimate of drug-likeness (QED) is 0.201. The molecular formula is C18H30F6N4O8S2+2. The minimum absolute atomic E-state index is 0.0756. The minimum atomic E-state index is -6.57. The molecule has 0 aromatic carbocycles. The van der Waals surface area contributed by atoms with Crippen LogP contribution in [0.1, 0.15) is 0 Å². The molecule has 0 saturated carbocycles. The topological polar surface area (TPSA) is 127 Å². The molecule has 2 amide bonds. The molecule has 0 N–H and O–H groups in total. The third-order valence-corrected chi connectivity index (χ3v) is 9.62. The molecule has 2 fully saturated rings. The van der Waals surface area contributed by atoms with Crippen LogP contribution in [0.4, 0.5) is 26.3 Å². The molecule has 2 heterocycles. The number of alkyl halides is 6. The maximum atomic E-state index is 13.4. The van der Waals surface area contributed by atoms with Gasteiger partial charge in [0.15, 0.2) is 0 Å². The first-order valence-corrected chi connectivity index (χ1v) is 14.1. The number of halogens is 6. The number of carbonyl (C=O) groups excluding carboxylic acids is 2. The number of likely N-dealkylation sites (N-methyl/N-ethyl adjacent to an activating group) is 2. The lowest BCUT2D eigenvalue weighted by Gasteiger charge is -2.39. The predicted molar refractivity (Wildman–Crippen MR) is 117 cm³/mol. The van der Waals surface area contributed by atoms with E-state index in [4.69, 9.17) is 9.47 Å². The fourth-order valence-electron chi connectivity index (χ4n) is 3.80. The Kier molecular flexibility index (Phi) is 9.74. The van der Waals surface area contributed by atoms with Crippen LogP contribution in [0.25, 0.3) is 0 Å². The van der Waals surface area contributed by atoms with Crippen LogP contribution in [-0.2, 0) is 39.1 Å². The molecule has 0 radical (unpaired) electrons. The molecule has 2 rings (SSSR count). The van der Waals surface area contributed by atoms with Gasteiger partial charge in [-0.2, -0.15) is 43.2 Å². The summed E-state index contributed by atoms with van der Waals surface area (Å²) in [5, 5.41) is 0. The Morgan fingerprint density at radius 3 is 1.16 bits per heavy atom. The maximum Gasteiger partial charge on any atom is 0.516 e. The summed E-state index contributed by atoms with van der Waals surface area (Å²) in [6.45, 7) is -1.91. The lowest BCUT2D eigenvalue weighted by Crippen LogP contribution is -2.60. The van der Waals surface area contributed by atoms with Crippen LogP contribution in [-0.4, -0.2) is 150 Å². The number of carbonyl (C=O) groups is 2. The summed E-state index contributed by atoms with van der Waals surface area (Å²) < 4.78 is 137. The number of nitrogens with zero attached hydrogens (tertiary/aromatic N) is 4. The Bertz CT molecular complexity index is 999. The second kappa shape index (κ2) is 11.4. The van der Waals surface area contributed by atoms with E-state index in [0.29, 0.717) is 0 Å². The monoisotopic (exact) mass is 608 g/mol. The van der Waals surface area contributed by atoms with E-state index in [1.807, 2.05) is 0 Å². The average Bonchev–Trinajstić information content (AvgIpc) is 2.78. The van der Waals surface area contributed by atoms with Crippen LogP contribution < -0.4 is 0 Å². The maximum absolute atomic E-state index is 13.4. The summed E-state index contributed by atoms with van der Waals surface area (Å²) in [5.41, 5.74) is -12.2. The number of amides is 2. The summed E-state index contributed by atoms with van der Waals surface area (Å²) in [6.07, 6.45) is 0. The Balaban J connectivity index is 2.44.